The number of nitrogens with zero attached hydrogens (tertiary/aromatic N) is 1. The third kappa shape index (κ3) is 7.48. The summed E-state index contributed by atoms with van der Waals surface area (Å²) in [6, 6.07) is 9.93. The first kappa shape index (κ1) is 26.7. The van der Waals surface area contributed by atoms with Crippen LogP contribution in [0.2, 0.25) is 0 Å². The molecule has 0 aliphatic carbocycles. The van der Waals surface area contributed by atoms with Crippen LogP contribution in [0.15, 0.2) is 53.4 Å². The molecule has 0 fully saturated rings. The average Bonchev–Trinajstić information content (AvgIpc) is 2.77. The second-order valence-electron chi connectivity index (χ2n) is 8.09. The Labute approximate surface area is 194 Å². The molecule has 0 heterocycles. The Morgan fingerprint density at radius 1 is 1.09 bits per heavy atom. The number of sulfonamides is 1. The molecule has 0 aromatic heterocycles. The molecule has 2 aromatic carbocycles. The molecular weight excluding hydrogens is 453 g/mol. The van der Waals surface area contributed by atoms with Crippen LogP contribution in [-0.4, -0.2) is 27.4 Å². The van der Waals surface area contributed by atoms with E-state index in [0.29, 0.717) is 6.54 Å². The standard InChI is InChI=1S/C24H31F3N2O3S/c1-4-6-8-19(5-2)16-28-23(30)17-29(21-10-7-9-20(15-21)24(25,26)27)33(31,32)22-13-11-18(3)12-14-22/h7,9-15,19H,4-6,8,16-17H2,1-3H3,(H,28,30)/t19-/m1/s1. The van der Waals surface area contributed by atoms with Gasteiger partial charge in [0.05, 0.1) is 16.1 Å². The first-order valence-corrected chi connectivity index (χ1v) is 12.5. The molecule has 182 valence electrons. The predicted molar refractivity (Wildman–Crippen MR) is 123 cm³/mol. The molecule has 33 heavy (non-hydrogen) atoms. The van der Waals surface area contributed by atoms with Crippen molar-refractivity contribution in [2.45, 2.75) is 57.5 Å². The molecule has 0 aliphatic heterocycles. The summed E-state index contributed by atoms with van der Waals surface area (Å²) in [5.41, 5.74) is -0.385. The van der Waals surface area contributed by atoms with Gasteiger partial charge >= 0.3 is 6.18 Å². The molecule has 2 rings (SSSR count). The predicted octanol–water partition coefficient (Wildman–Crippen LogP) is 5.54. The van der Waals surface area contributed by atoms with Crippen LogP contribution in [0.5, 0.6) is 0 Å². The van der Waals surface area contributed by atoms with Crippen molar-refractivity contribution in [2.24, 2.45) is 5.92 Å². The van der Waals surface area contributed by atoms with Crippen LogP contribution in [0.25, 0.3) is 0 Å². The van der Waals surface area contributed by atoms with E-state index in [1.165, 1.54) is 18.2 Å². The summed E-state index contributed by atoms with van der Waals surface area (Å²) < 4.78 is 67.2. The maximum absolute atomic E-state index is 13.3. The minimum absolute atomic E-state index is 0.104. The van der Waals surface area contributed by atoms with Gasteiger partial charge in [-0.25, -0.2) is 8.42 Å². The Kier molecular flexibility index (Phi) is 9.34. The number of alkyl halides is 3. The fourth-order valence-electron chi connectivity index (χ4n) is 3.38. The first-order valence-electron chi connectivity index (χ1n) is 11.0. The highest BCUT2D eigenvalue weighted by Crippen LogP contribution is 2.33. The summed E-state index contributed by atoms with van der Waals surface area (Å²) in [6.45, 7) is 5.65. The normalized spacial score (nSPS) is 12.9. The molecule has 1 atom stereocenters. The fourth-order valence-corrected chi connectivity index (χ4v) is 4.79. The van der Waals surface area contributed by atoms with Gasteiger partial charge in [-0.15, -0.1) is 0 Å². The number of hydrogen-bond acceptors (Lipinski definition) is 3. The van der Waals surface area contributed by atoms with E-state index in [2.05, 4.69) is 12.2 Å². The Morgan fingerprint density at radius 3 is 2.33 bits per heavy atom. The molecule has 2 aromatic rings. The largest absolute Gasteiger partial charge is 0.416 e. The molecule has 0 spiro atoms. The molecule has 1 N–H and O–H groups in total. The molecule has 0 radical (unpaired) electrons. The molecule has 9 heteroatoms. The van der Waals surface area contributed by atoms with Crippen LogP contribution < -0.4 is 9.62 Å². The van der Waals surface area contributed by atoms with Crippen LogP contribution in [0, 0.1) is 12.8 Å². The fraction of sp³-hybridized carbons (Fsp3) is 0.458. The highest BCUT2D eigenvalue weighted by atomic mass is 32.2. The van der Waals surface area contributed by atoms with E-state index in [9.17, 15) is 26.4 Å². The van der Waals surface area contributed by atoms with Gasteiger partial charge in [-0.05, 0) is 49.6 Å². The summed E-state index contributed by atoms with van der Waals surface area (Å²) >= 11 is 0. The van der Waals surface area contributed by atoms with E-state index in [1.807, 2.05) is 6.92 Å². The number of aryl methyl sites for hydroxylation is 1. The van der Waals surface area contributed by atoms with E-state index < -0.39 is 34.2 Å². The topological polar surface area (TPSA) is 66.5 Å². The van der Waals surface area contributed by atoms with Gasteiger partial charge in [-0.2, -0.15) is 13.2 Å². The third-order valence-electron chi connectivity index (χ3n) is 5.49. The number of anilines is 1. The van der Waals surface area contributed by atoms with Gasteiger partial charge in [-0.1, -0.05) is 56.9 Å². The Balaban J connectivity index is 2.35. The highest BCUT2D eigenvalue weighted by Gasteiger charge is 2.33. The number of hydrogen-bond donors (Lipinski definition) is 1. The van der Waals surface area contributed by atoms with Gasteiger partial charge in [0.25, 0.3) is 10.0 Å². The van der Waals surface area contributed by atoms with Gasteiger partial charge < -0.3 is 5.32 Å². The van der Waals surface area contributed by atoms with E-state index >= 15 is 0 Å². The number of carbonyl (C=O) groups is 1. The van der Waals surface area contributed by atoms with Gasteiger partial charge in [0.15, 0.2) is 0 Å². The maximum Gasteiger partial charge on any atom is 0.416 e. The van der Waals surface area contributed by atoms with Crippen molar-refractivity contribution in [3.8, 4) is 0 Å². The first-order chi connectivity index (χ1) is 15.5. The number of amides is 1. The minimum Gasteiger partial charge on any atom is -0.354 e. The van der Waals surface area contributed by atoms with Gasteiger partial charge in [0, 0.05) is 6.54 Å². The van der Waals surface area contributed by atoms with E-state index in [0.717, 1.165) is 53.8 Å². The summed E-state index contributed by atoms with van der Waals surface area (Å²) in [7, 11) is -4.28. The SMILES string of the molecule is CCCC[C@@H](CC)CNC(=O)CN(c1cccc(C(F)(F)F)c1)S(=O)(=O)c1ccc(C)cc1. The third-order valence-corrected chi connectivity index (χ3v) is 7.28. The van der Waals surface area contributed by atoms with Crippen LogP contribution in [0.4, 0.5) is 18.9 Å². The molecular formula is C24H31F3N2O3S. The van der Waals surface area contributed by atoms with E-state index in [4.69, 9.17) is 0 Å². The molecule has 0 aliphatic rings. The number of benzene rings is 2. The number of rotatable bonds is 11. The van der Waals surface area contributed by atoms with E-state index in [1.54, 1.807) is 19.1 Å². The lowest BCUT2D eigenvalue weighted by molar-refractivity contribution is -0.137. The van der Waals surface area contributed by atoms with Crippen molar-refractivity contribution < 1.29 is 26.4 Å². The summed E-state index contributed by atoms with van der Waals surface area (Å²) in [4.78, 5) is 12.6. The smallest absolute Gasteiger partial charge is 0.354 e. The summed E-state index contributed by atoms with van der Waals surface area (Å²) in [5.74, 6) is -0.317. The lowest BCUT2D eigenvalue weighted by Gasteiger charge is -2.25. The Bertz CT molecular complexity index is 1020. The molecule has 0 unspecified atom stereocenters. The highest BCUT2D eigenvalue weighted by molar-refractivity contribution is 7.92. The molecule has 0 bridgehead atoms. The van der Waals surface area contributed by atoms with E-state index in [-0.39, 0.29) is 16.5 Å². The number of unbranched alkanes of at least 4 members (excludes halogenated alkanes) is 1. The molecule has 0 saturated carbocycles. The molecule has 0 saturated heterocycles. The van der Waals surface area contributed by atoms with Gasteiger partial charge in [0.1, 0.15) is 6.54 Å². The lowest BCUT2D eigenvalue weighted by Crippen LogP contribution is -2.42. The zero-order chi connectivity index (χ0) is 24.6. The van der Waals surface area contributed by atoms with Crippen molar-refractivity contribution in [3.63, 3.8) is 0 Å². The van der Waals surface area contributed by atoms with Crippen molar-refractivity contribution in [2.75, 3.05) is 17.4 Å². The van der Waals surface area contributed by atoms with Crippen molar-refractivity contribution in [1.29, 1.82) is 0 Å². The van der Waals surface area contributed by atoms with Crippen LogP contribution in [0.1, 0.15) is 50.7 Å². The van der Waals surface area contributed by atoms with Crippen molar-refractivity contribution in [1.82, 2.24) is 5.32 Å². The second-order valence-corrected chi connectivity index (χ2v) is 9.96. The number of carbonyl (C=O) groups excluding carboxylic acids is 1. The second kappa shape index (κ2) is 11.5. The van der Waals surface area contributed by atoms with Crippen LogP contribution >= 0.6 is 0 Å². The number of halogens is 3. The molecule has 5 nitrogen and oxygen atoms in total. The maximum atomic E-state index is 13.3. The summed E-state index contributed by atoms with van der Waals surface area (Å²) in [6.07, 6.45) is -0.800. The van der Waals surface area contributed by atoms with Crippen molar-refractivity contribution >= 4 is 21.6 Å². The van der Waals surface area contributed by atoms with Crippen molar-refractivity contribution in [3.05, 3.63) is 59.7 Å². The quantitative estimate of drug-likeness (QED) is 0.455. The van der Waals surface area contributed by atoms with Gasteiger partial charge in [0.2, 0.25) is 5.91 Å². The Hall–Kier alpha value is -2.55. The minimum atomic E-state index is -4.65. The van der Waals surface area contributed by atoms with Gasteiger partial charge in [-0.3, -0.25) is 9.10 Å². The number of nitrogens with one attached hydrogen (secondary N) is 1. The van der Waals surface area contributed by atoms with Crippen LogP contribution in [-0.2, 0) is 21.0 Å². The summed E-state index contributed by atoms with van der Waals surface area (Å²) in [5, 5.41) is 2.75. The zero-order valence-corrected chi connectivity index (χ0v) is 20.0. The average molecular weight is 485 g/mol. The van der Waals surface area contributed by atoms with Crippen LogP contribution in [0.3, 0.4) is 0 Å². The Morgan fingerprint density at radius 2 is 1.76 bits per heavy atom. The lowest BCUT2D eigenvalue weighted by atomic mass is 9.99. The zero-order valence-electron chi connectivity index (χ0n) is 19.2. The molecule has 1 amide bonds. The monoisotopic (exact) mass is 484 g/mol.